The Bertz CT molecular complexity index is 736. The second-order valence-corrected chi connectivity index (χ2v) is 3.78. The molecule has 1 N–H and O–H groups in total. The summed E-state index contributed by atoms with van der Waals surface area (Å²) in [4.78, 5) is 23.8. The van der Waals surface area contributed by atoms with Crippen molar-refractivity contribution < 1.29 is 28.3 Å². The van der Waals surface area contributed by atoms with E-state index in [0.717, 1.165) is 12.3 Å². The van der Waals surface area contributed by atoms with Crippen LogP contribution in [0.2, 0.25) is 0 Å². The fourth-order valence-corrected chi connectivity index (χ4v) is 1.45. The van der Waals surface area contributed by atoms with E-state index in [1.54, 1.807) is 0 Å². The van der Waals surface area contributed by atoms with Crippen LogP contribution in [-0.2, 0) is 0 Å². The second kappa shape index (κ2) is 5.49. The molecule has 0 spiro atoms. The van der Waals surface area contributed by atoms with Crippen molar-refractivity contribution in [3.05, 3.63) is 57.8 Å². The monoisotopic (exact) mass is 296 g/mol. The maximum absolute atomic E-state index is 13.6. The zero-order valence-electron chi connectivity index (χ0n) is 10.1. The van der Waals surface area contributed by atoms with Gasteiger partial charge < -0.3 is 9.84 Å². The van der Waals surface area contributed by atoms with Crippen molar-refractivity contribution >= 4 is 11.7 Å². The summed E-state index contributed by atoms with van der Waals surface area (Å²) in [6.45, 7) is 0. The normalized spacial score (nSPS) is 10.2. The van der Waals surface area contributed by atoms with Gasteiger partial charge in [0.1, 0.15) is 0 Å². The number of hydrogen-bond donors (Lipinski definition) is 1. The molecule has 0 aliphatic carbocycles. The summed E-state index contributed by atoms with van der Waals surface area (Å²) >= 11 is 0. The molecule has 108 valence electrons. The molecule has 2 aromatic rings. The van der Waals surface area contributed by atoms with Gasteiger partial charge in [0.2, 0.25) is 11.7 Å². The van der Waals surface area contributed by atoms with E-state index in [1.807, 2.05) is 0 Å². The molecular formula is C12H6F2N2O5. The lowest BCUT2D eigenvalue weighted by Crippen LogP contribution is -1.99. The lowest BCUT2D eigenvalue weighted by atomic mass is 10.2. The predicted octanol–water partition coefficient (Wildman–Crippen LogP) is 2.76. The van der Waals surface area contributed by atoms with Crippen molar-refractivity contribution in [2.75, 3.05) is 0 Å². The van der Waals surface area contributed by atoms with Crippen LogP contribution in [0, 0.1) is 21.7 Å². The highest BCUT2D eigenvalue weighted by Gasteiger charge is 2.20. The van der Waals surface area contributed by atoms with Gasteiger partial charge in [-0.3, -0.25) is 10.1 Å². The standard InChI is InChI=1S/C12H6F2N2O5/c13-7-5-10(8(14)4-9(7)16(19)20)21-11-3-6(12(17)18)1-2-15-11/h1-5H,(H,17,18). The first-order valence-electron chi connectivity index (χ1n) is 5.39. The minimum absolute atomic E-state index is 0.164. The largest absolute Gasteiger partial charge is 0.478 e. The summed E-state index contributed by atoms with van der Waals surface area (Å²) in [6.07, 6.45) is 1.11. The fraction of sp³-hybridized carbons (Fsp3) is 0. The number of nitrogens with zero attached hydrogens (tertiary/aromatic N) is 2. The van der Waals surface area contributed by atoms with Gasteiger partial charge in [-0.15, -0.1) is 0 Å². The molecule has 0 fully saturated rings. The summed E-state index contributed by atoms with van der Waals surface area (Å²) in [5.41, 5.74) is -1.20. The van der Waals surface area contributed by atoms with E-state index in [0.29, 0.717) is 12.1 Å². The summed E-state index contributed by atoms with van der Waals surface area (Å²) in [6, 6.07) is 3.04. The number of nitro benzene ring substituents is 1. The summed E-state index contributed by atoms with van der Waals surface area (Å²) in [5.74, 6) is -4.65. The van der Waals surface area contributed by atoms with E-state index in [4.69, 9.17) is 9.84 Å². The first-order chi connectivity index (χ1) is 9.88. The number of aromatic carboxylic acids is 1. The number of carbonyl (C=O) groups is 1. The van der Waals surface area contributed by atoms with Crippen LogP contribution in [0.25, 0.3) is 0 Å². The number of carboxylic acid groups (broad SMARTS) is 1. The van der Waals surface area contributed by atoms with Crippen molar-refractivity contribution in [2.45, 2.75) is 0 Å². The van der Waals surface area contributed by atoms with E-state index in [1.165, 1.54) is 6.07 Å². The Kier molecular flexibility index (Phi) is 3.74. The first kappa shape index (κ1) is 14.3. The van der Waals surface area contributed by atoms with Crippen molar-refractivity contribution in [1.29, 1.82) is 0 Å². The van der Waals surface area contributed by atoms with Crippen LogP contribution in [0.4, 0.5) is 14.5 Å². The number of hydrogen-bond acceptors (Lipinski definition) is 5. The topological polar surface area (TPSA) is 103 Å². The molecule has 0 bridgehead atoms. The summed E-state index contributed by atoms with van der Waals surface area (Å²) in [5, 5.41) is 19.2. The van der Waals surface area contributed by atoms with Crippen molar-refractivity contribution in [1.82, 2.24) is 4.98 Å². The maximum Gasteiger partial charge on any atom is 0.335 e. The Morgan fingerprint density at radius 2 is 2.00 bits per heavy atom. The Balaban J connectivity index is 2.36. The van der Waals surface area contributed by atoms with Crippen molar-refractivity contribution in [2.24, 2.45) is 0 Å². The van der Waals surface area contributed by atoms with Gasteiger partial charge in [0.15, 0.2) is 11.6 Å². The summed E-state index contributed by atoms with van der Waals surface area (Å²) in [7, 11) is 0. The third-order valence-electron chi connectivity index (χ3n) is 2.39. The van der Waals surface area contributed by atoms with Gasteiger partial charge >= 0.3 is 11.7 Å². The zero-order chi connectivity index (χ0) is 15.6. The van der Waals surface area contributed by atoms with E-state index in [-0.39, 0.29) is 11.4 Å². The average molecular weight is 296 g/mol. The van der Waals surface area contributed by atoms with Crippen LogP contribution in [0.3, 0.4) is 0 Å². The van der Waals surface area contributed by atoms with Gasteiger partial charge in [0.05, 0.1) is 16.6 Å². The number of benzene rings is 1. The minimum Gasteiger partial charge on any atom is -0.478 e. The third-order valence-corrected chi connectivity index (χ3v) is 2.39. The Morgan fingerprint density at radius 3 is 2.62 bits per heavy atom. The van der Waals surface area contributed by atoms with Crippen LogP contribution < -0.4 is 4.74 Å². The van der Waals surface area contributed by atoms with Crippen molar-refractivity contribution in [3.8, 4) is 11.6 Å². The van der Waals surface area contributed by atoms with Gasteiger partial charge in [-0.1, -0.05) is 0 Å². The molecule has 0 aliphatic rings. The quantitative estimate of drug-likeness (QED) is 0.687. The zero-order valence-corrected chi connectivity index (χ0v) is 10.1. The van der Waals surface area contributed by atoms with Gasteiger partial charge in [-0.25, -0.2) is 14.2 Å². The molecule has 1 aromatic carbocycles. The number of rotatable bonds is 4. The third kappa shape index (κ3) is 3.08. The molecule has 21 heavy (non-hydrogen) atoms. The number of halogens is 2. The van der Waals surface area contributed by atoms with Crippen LogP contribution in [0.5, 0.6) is 11.6 Å². The molecule has 1 aromatic heterocycles. The van der Waals surface area contributed by atoms with Crippen LogP contribution in [0.1, 0.15) is 10.4 Å². The lowest BCUT2D eigenvalue weighted by Gasteiger charge is -2.06. The van der Waals surface area contributed by atoms with Crippen LogP contribution in [-0.4, -0.2) is 21.0 Å². The van der Waals surface area contributed by atoms with E-state index < -0.39 is 34.0 Å². The van der Waals surface area contributed by atoms with Gasteiger partial charge in [0, 0.05) is 18.3 Å². The molecule has 9 heteroatoms. The predicted molar refractivity (Wildman–Crippen MR) is 64.3 cm³/mol. The van der Waals surface area contributed by atoms with Crippen molar-refractivity contribution in [3.63, 3.8) is 0 Å². The average Bonchev–Trinajstić information content (AvgIpc) is 2.42. The fourth-order valence-electron chi connectivity index (χ4n) is 1.45. The Hall–Kier alpha value is -3.10. The number of ether oxygens (including phenoxy) is 1. The number of aromatic nitrogens is 1. The highest BCUT2D eigenvalue weighted by Crippen LogP contribution is 2.29. The molecule has 0 radical (unpaired) electrons. The molecule has 0 atom stereocenters. The van der Waals surface area contributed by atoms with Crippen LogP contribution >= 0.6 is 0 Å². The minimum atomic E-state index is -1.29. The van der Waals surface area contributed by atoms with Gasteiger partial charge in [-0.05, 0) is 6.07 Å². The van der Waals surface area contributed by atoms with E-state index in [2.05, 4.69) is 4.98 Å². The second-order valence-electron chi connectivity index (χ2n) is 3.78. The molecule has 7 nitrogen and oxygen atoms in total. The molecule has 0 amide bonds. The maximum atomic E-state index is 13.6. The molecule has 2 rings (SSSR count). The molecule has 1 heterocycles. The summed E-state index contributed by atoms with van der Waals surface area (Å²) < 4.78 is 31.9. The number of carboxylic acids is 1. The smallest absolute Gasteiger partial charge is 0.335 e. The molecular weight excluding hydrogens is 290 g/mol. The Morgan fingerprint density at radius 1 is 1.29 bits per heavy atom. The molecule has 0 saturated carbocycles. The highest BCUT2D eigenvalue weighted by atomic mass is 19.1. The van der Waals surface area contributed by atoms with E-state index in [9.17, 15) is 23.7 Å². The SMILES string of the molecule is O=C(O)c1ccnc(Oc2cc(F)c([N+](=O)[O-])cc2F)c1. The van der Waals surface area contributed by atoms with Crippen LogP contribution in [0.15, 0.2) is 30.5 Å². The lowest BCUT2D eigenvalue weighted by molar-refractivity contribution is -0.387. The Labute approximate surface area is 115 Å². The molecule has 0 saturated heterocycles. The molecule has 0 aliphatic heterocycles. The number of nitro groups is 1. The first-order valence-corrected chi connectivity index (χ1v) is 5.39. The molecule has 0 unspecified atom stereocenters. The van der Waals surface area contributed by atoms with E-state index >= 15 is 0 Å². The van der Waals surface area contributed by atoms with Gasteiger partial charge in [0.25, 0.3) is 0 Å². The highest BCUT2D eigenvalue weighted by molar-refractivity contribution is 5.87. The number of pyridine rings is 1. The van der Waals surface area contributed by atoms with Gasteiger partial charge in [-0.2, -0.15) is 4.39 Å².